The van der Waals surface area contributed by atoms with Gasteiger partial charge in [-0.15, -0.1) is 0 Å². The number of nitrogens with two attached hydrogens (primary N) is 1. The molecule has 3 unspecified atom stereocenters. The largest absolute Gasteiger partial charge is 0.329 e. The molecule has 3 saturated heterocycles. The third kappa shape index (κ3) is 2.44. The number of likely N-dealkylation sites (tertiary alicyclic amines) is 1. The molecule has 19 heavy (non-hydrogen) atoms. The Bertz CT molecular complexity index is 309. The molecule has 110 valence electrons. The third-order valence-electron chi connectivity index (χ3n) is 5.83. The van der Waals surface area contributed by atoms with E-state index in [0.29, 0.717) is 6.04 Å². The highest BCUT2D eigenvalue weighted by Crippen LogP contribution is 2.33. The molecule has 3 heterocycles. The van der Waals surface area contributed by atoms with Gasteiger partial charge in [-0.05, 0) is 52.7 Å². The smallest absolute Gasteiger partial charge is 0.0473 e. The minimum Gasteiger partial charge on any atom is -0.329 e. The topological polar surface area (TPSA) is 35.7 Å². The summed E-state index contributed by atoms with van der Waals surface area (Å²) in [6, 6.07) is 1.47. The molecule has 0 amide bonds. The van der Waals surface area contributed by atoms with E-state index in [-0.39, 0.29) is 5.54 Å². The van der Waals surface area contributed by atoms with Crippen LogP contribution in [0.25, 0.3) is 0 Å². The number of rotatable bonds is 2. The molecule has 0 radical (unpaired) electrons. The highest BCUT2D eigenvalue weighted by atomic mass is 15.3. The van der Waals surface area contributed by atoms with Crippen molar-refractivity contribution in [3.63, 3.8) is 0 Å². The van der Waals surface area contributed by atoms with Crippen LogP contribution in [0.4, 0.5) is 0 Å². The van der Waals surface area contributed by atoms with Crippen molar-refractivity contribution in [3.05, 3.63) is 0 Å². The number of likely N-dealkylation sites (N-methyl/N-ethyl adjacent to an activating group) is 1. The molecule has 3 atom stereocenters. The predicted molar refractivity (Wildman–Crippen MR) is 79.3 cm³/mol. The Kier molecular flexibility index (Phi) is 3.87. The van der Waals surface area contributed by atoms with E-state index in [9.17, 15) is 0 Å². The second-order valence-electron chi connectivity index (χ2n) is 7.03. The van der Waals surface area contributed by atoms with E-state index < -0.39 is 0 Å². The summed E-state index contributed by atoms with van der Waals surface area (Å²) in [6.45, 7) is 9.42. The molecule has 0 aromatic heterocycles. The second kappa shape index (κ2) is 5.32. The Morgan fingerprint density at radius 1 is 1.21 bits per heavy atom. The lowest BCUT2D eigenvalue weighted by Crippen LogP contribution is -2.57. The van der Waals surface area contributed by atoms with Crippen molar-refractivity contribution in [2.24, 2.45) is 5.73 Å². The van der Waals surface area contributed by atoms with Crippen LogP contribution in [0.5, 0.6) is 0 Å². The number of hydrogen-bond donors (Lipinski definition) is 1. The Morgan fingerprint density at radius 2 is 2.00 bits per heavy atom. The van der Waals surface area contributed by atoms with E-state index in [2.05, 4.69) is 28.7 Å². The standard InChI is InChI=1S/C15H30N4/c1-13-9-15(11-16,12-17(13)2)19-8-4-7-18-6-3-5-14(18)10-19/h13-14H,3-12,16H2,1-2H3. The molecule has 0 aromatic carbocycles. The summed E-state index contributed by atoms with van der Waals surface area (Å²) in [4.78, 5) is 7.96. The first-order chi connectivity index (χ1) is 9.14. The zero-order valence-corrected chi connectivity index (χ0v) is 12.6. The molecule has 0 spiro atoms. The minimum atomic E-state index is 0.243. The first kappa shape index (κ1) is 13.8. The summed E-state index contributed by atoms with van der Waals surface area (Å²) in [5, 5.41) is 0. The minimum absolute atomic E-state index is 0.243. The predicted octanol–water partition coefficient (Wildman–Crippen LogP) is 0.578. The van der Waals surface area contributed by atoms with Gasteiger partial charge < -0.3 is 10.6 Å². The van der Waals surface area contributed by atoms with Crippen LogP contribution < -0.4 is 5.73 Å². The molecule has 3 rings (SSSR count). The molecule has 3 fully saturated rings. The molecule has 3 aliphatic rings. The van der Waals surface area contributed by atoms with Gasteiger partial charge in [0.1, 0.15) is 0 Å². The number of fused-ring (bicyclic) bond motifs is 1. The molecular weight excluding hydrogens is 236 g/mol. The van der Waals surface area contributed by atoms with E-state index in [1.807, 2.05) is 0 Å². The van der Waals surface area contributed by atoms with E-state index in [0.717, 1.165) is 19.1 Å². The fourth-order valence-corrected chi connectivity index (χ4v) is 4.53. The first-order valence-electron chi connectivity index (χ1n) is 8.04. The highest BCUT2D eigenvalue weighted by Gasteiger charge is 2.45. The zero-order chi connectivity index (χ0) is 13.5. The number of nitrogens with zero attached hydrogens (tertiary/aromatic N) is 3. The first-order valence-corrected chi connectivity index (χ1v) is 8.04. The van der Waals surface area contributed by atoms with Crippen LogP contribution in [0.2, 0.25) is 0 Å². The number of hydrogen-bond acceptors (Lipinski definition) is 4. The summed E-state index contributed by atoms with van der Waals surface area (Å²) in [5.41, 5.74) is 6.47. The molecule has 4 heteroatoms. The molecular formula is C15H30N4. The van der Waals surface area contributed by atoms with Crippen LogP contribution in [0.15, 0.2) is 0 Å². The van der Waals surface area contributed by atoms with Gasteiger partial charge in [0.2, 0.25) is 0 Å². The lowest BCUT2D eigenvalue weighted by atomic mass is 9.93. The van der Waals surface area contributed by atoms with Crippen molar-refractivity contribution in [1.29, 1.82) is 0 Å². The molecule has 0 saturated carbocycles. The SMILES string of the molecule is CC1CC(CN)(N2CCCN3CCCC3C2)CN1C. The molecule has 2 N–H and O–H groups in total. The van der Waals surface area contributed by atoms with Gasteiger partial charge in [0.05, 0.1) is 0 Å². The van der Waals surface area contributed by atoms with Gasteiger partial charge in [-0.3, -0.25) is 9.80 Å². The normalized spacial score (nSPS) is 42.5. The zero-order valence-electron chi connectivity index (χ0n) is 12.6. The van der Waals surface area contributed by atoms with E-state index >= 15 is 0 Å². The maximum Gasteiger partial charge on any atom is 0.0473 e. The molecule has 0 aliphatic carbocycles. The average molecular weight is 266 g/mol. The van der Waals surface area contributed by atoms with Crippen LogP contribution in [0.3, 0.4) is 0 Å². The van der Waals surface area contributed by atoms with Crippen LogP contribution in [-0.2, 0) is 0 Å². The van der Waals surface area contributed by atoms with Gasteiger partial charge >= 0.3 is 0 Å². The third-order valence-corrected chi connectivity index (χ3v) is 5.83. The van der Waals surface area contributed by atoms with E-state index in [1.54, 1.807) is 0 Å². The summed E-state index contributed by atoms with van der Waals surface area (Å²) in [6.07, 6.45) is 5.34. The van der Waals surface area contributed by atoms with Gasteiger partial charge in [-0.2, -0.15) is 0 Å². The van der Waals surface area contributed by atoms with Crippen LogP contribution in [0.1, 0.15) is 32.6 Å². The van der Waals surface area contributed by atoms with Gasteiger partial charge in [-0.1, -0.05) is 0 Å². The lowest BCUT2D eigenvalue weighted by molar-refractivity contribution is 0.0917. The Balaban J connectivity index is 1.75. The average Bonchev–Trinajstić information content (AvgIpc) is 2.89. The summed E-state index contributed by atoms with van der Waals surface area (Å²) in [5.74, 6) is 0. The fourth-order valence-electron chi connectivity index (χ4n) is 4.53. The van der Waals surface area contributed by atoms with E-state index in [4.69, 9.17) is 5.73 Å². The maximum absolute atomic E-state index is 6.23. The monoisotopic (exact) mass is 266 g/mol. The van der Waals surface area contributed by atoms with Crippen molar-refractivity contribution < 1.29 is 0 Å². The van der Waals surface area contributed by atoms with Crippen molar-refractivity contribution >= 4 is 0 Å². The van der Waals surface area contributed by atoms with Crippen LogP contribution in [0, 0.1) is 0 Å². The molecule has 0 bridgehead atoms. The van der Waals surface area contributed by atoms with Gasteiger partial charge in [-0.25, -0.2) is 0 Å². The maximum atomic E-state index is 6.23. The van der Waals surface area contributed by atoms with Gasteiger partial charge in [0.25, 0.3) is 0 Å². The van der Waals surface area contributed by atoms with Crippen molar-refractivity contribution in [2.75, 3.05) is 46.3 Å². The van der Waals surface area contributed by atoms with E-state index in [1.165, 1.54) is 51.9 Å². The summed E-state index contributed by atoms with van der Waals surface area (Å²) >= 11 is 0. The lowest BCUT2D eigenvalue weighted by Gasteiger charge is -2.41. The summed E-state index contributed by atoms with van der Waals surface area (Å²) < 4.78 is 0. The van der Waals surface area contributed by atoms with Gasteiger partial charge in [0, 0.05) is 43.8 Å². The Morgan fingerprint density at radius 3 is 2.68 bits per heavy atom. The molecule has 0 aromatic rings. The van der Waals surface area contributed by atoms with Crippen LogP contribution >= 0.6 is 0 Å². The molecule has 4 nitrogen and oxygen atoms in total. The van der Waals surface area contributed by atoms with Gasteiger partial charge in [0.15, 0.2) is 0 Å². The van der Waals surface area contributed by atoms with Crippen molar-refractivity contribution in [2.45, 2.75) is 50.2 Å². The fraction of sp³-hybridized carbons (Fsp3) is 1.00. The second-order valence-corrected chi connectivity index (χ2v) is 7.03. The highest BCUT2D eigenvalue weighted by molar-refractivity contribution is 5.04. The van der Waals surface area contributed by atoms with Crippen LogP contribution in [-0.4, -0.2) is 78.6 Å². The molecule has 3 aliphatic heterocycles. The summed E-state index contributed by atoms with van der Waals surface area (Å²) in [7, 11) is 2.25. The Hall–Kier alpha value is -0.160. The quantitative estimate of drug-likeness (QED) is 0.793. The Labute approximate surface area is 117 Å². The van der Waals surface area contributed by atoms with Crippen molar-refractivity contribution in [3.8, 4) is 0 Å². The van der Waals surface area contributed by atoms with Crippen molar-refractivity contribution in [1.82, 2.24) is 14.7 Å².